The standard InChI is InChI=1S/C12H11FN2O2S/c13-12-8-10(6-7-14-12)9-15-18(16,17)11-4-2-1-3-5-11/h1-8,15H,9H2. The van der Waals surface area contributed by atoms with Crippen molar-refractivity contribution in [3.05, 3.63) is 60.2 Å². The fourth-order valence-corrected chi connectivity index (χ4v) is 2.45. The van der Waals surface area contributed by atoms with E-state index in [1.165, 1.54) is 24.4 Å². The summed E-state index contributed by atoms with van der Waals surface area (Å²) in [6.07, 6.45) is 1.29. The number of aromatic nitrogens is 1. The molecule has 4 nitrogen and oxygen atoms in total. The molecule has 0 radical (unpaired) electrons. The van der Waals surface area contributed by atoms with E-state index in [1.807, 2.05) is 0 Å². The summed E-state index contributed by atoms with van der Waals surface area (Å²) in [5.41, 5.74) is 0.516. The summed E-state index contributed by atoms with van der Waals surface area (Å²) in [5.74, 6) is -0.633. The molecule has 2 rings (SSSR count). The van der Waals surface area contributed by atoms with E-state index in [-0.39, 0.29) is 11.4 Å². The minimum atomic E-state index is -3.56. The molecular formula is C12H11FN2O2S. The third-order valence-corrected chi connectivity index (χ3v) is 3.73. The zero-order valence-corrected chi connectivity index (χ0v) is 10.2. The van der Waals surface area contributed by atoms with E-state index in [1.54, 1.807) is 24.3 Å². The molecule has 0 saturated heterocycles. The Kier molecular flexibility index (Phi) is 3.69. The van der Waals surface area contributed by atoms with Crippen molar-refractivity contribution < 1.29 is 12.8 Å². The second-order valence-electron chi connectivity index (χ2n) is 3.62. The molecule has 0 unspecified atom stereocenters. The van der Waals surface area contributed by atoms with Crippen LogP contribution in [-0.4, -0.2) is 13.4 Å². The van der Waals surface area contributed by atoms with Crippen molar-refractivity contribution in [1.29, 1.82) is 0 Å². The van der Waals surface area contributed by atoms with Crippen molar-refractivity contribution in [2.45, 2.75) is 11.4 Å². The van der Waals surface area contributed by atoms with Gasteiger partial charge in [0, 0.05) is 12.7 Å². The number of nitrogens with zero attached hydrogens (tertiary/aromatic N) is 1. The summed E-state index contributed by atoms with van der Waals surface area (Å²) >= 11 is 0. The Bertz CT molecular complexity index is 630. The van der Waals surface area contributed by atoms with Gasteiger partial charge in [-0.25, -0.2) is 18.1 Å². The van der Waals surface area contributed by atoms with Crippen molar-refractivity contribution in [3.8, 4) is 0 Å². The first-order valence-electron chi connectivity index (χ1n) is 5.23. The third-order valence-electron chi connectivity index (χ3n) is 2.31. The van der Waals surface area contributed by atoms with Crippen LogP contribution in [0.2, 0.25) is 0 Å². The molecule has 94 valence electrons. The maximum absolute atomic E-state index is 12.8. The quantitative estimate of drug-likeness (QED) is 0.857. The van der Waals surface area contributed by atoms with Crippen LogP contribution in [0.1, 0.15) is 5.56 Å². The molecule has 2 aromatic rings. The van der Waals surface area contributed by atoms with Gasteiger partial charge in [0.15, 0.2) is 0 Å². The maximum Gasteiger partial charge on any atom is 0.240 e. The highest BCUT2D eigenvalue weighted by molar-refractivity contribution is 7.89. The predicted octanol–water partition coefficient (Wildman–Crippen LogP) is 1.70. The molecule has 1 N–H and O–H groups in total. The van der Waals surface area contributed by atoms with E-state index >= 15 is 0 Å². The van der Waals surface area contributed by atoms with Gasteiger partial charge in [0.25, 0.3) is 0 Å². The van der Waals surface area contributed by atoms with Crippen molar-refractivity contribution in [1.82, 2.24) is 9.71 Å². The van der Waals surface area contributed by atoms with Crippen LogP contribution in [-0.2, 0) is 16.6 Å². The molecule has 6 heteroatoms. The van der Waals surface area contributed by atoms with Gasteiger partial charge in [-0.05, 0) is 29.8 Å². The summed E-state index contributed by atoms with van der Waals surface area (Å²) in [4.78, 5) is 3.58. The molecule has 1 aromatic carbocycles. The van der Waals surface area contributed by atoms with Gasteiger partial charge in [-0.2, -0.15) is 4.39 Å². The summed E-state index contributed by atoms with van der Waals surface area (Å²) in [6, 6.07) is 10.7. The monoisotopic (exact) mass is 266 g/mol. The minimum Gasteiger partial charge on any atom is -0.228 e. The van der Waals surface area contributed by atoms with Gasteiger partial charge < -0.3 is 0 Å². The topological polar surface area (TPSA) is 59.1 Å². The number of hydrogen-bond donors (Lipinski definition) is 1. The average Bonchev–Trinajstić information content (AvgIpc) is 2.38. The molecular weight excluding hydrogens is 255 g/mol. The summed E-state index contributed by atoms with van der Waals surface area (Å²) in [7, 11) is -3.56. The first-order valence-corrected chi connectivity index (χ1v) is 6.71. The molecule has 1 aromatic heterocycles. The Labute approximate surface area is 105 Å². The Morgan fingerprint density at radius 3 is 2.56 bits per heavy atom. The lowest BCUT2D eigenvalue weighted by Gasteiger charge is -2.06. The molecule has 0 amide bonds. The van der Waals surface area contributed by atoms with E-state index in [4.69, 9.17) is 0 Å². The third kappa shape index (κ3) is 3.12. The Morgan fingerprint density at radius 1 is 1.17 bits per heavy atom. The van der Waals surface area contributed by atoms with Crippen LogP contribution in [0, 0.1) is 5.95 Å². The number of sulfonamides is 1. The molecule has 0 fully saturated rings. The van der Waals surface area contributed by atoms with Gasteiger partial charge in [-0.1, -0.05) is 18.2 Å². The molecule has 1 heterocycles. The van der Waals surface area contributed by atoms with Crippen LogP contribution in [0.5, 0.6) is 0 Å². The number of nitrogens with one attached hydrogen (secondary N) is 1. The van der Waals surface area contributed by atoms with Gasteiger partial charge in [-0.15, -0.1) is 0 Å². The highest BCUT2D eigenvalue weighted by Crippen LogP contribution is 2.08. The van der Waals surface area contributed by atoms with Crippen LogP contribution >= 0.6 is 0 Å². The normalized spacial score (nSPS) is 11.4. The Hall–Kier alpha value is -1.79. The molecule has 0 aliphatic rings. The van der Waals surface area contributed by atoms with E-state index in [2.05, 4.69) is 9.71 Å². The van der Waals surface area contributed by atoms with E-state index < -0.39 is 16.0 Å². The van der Waals surface area contributed by atoms with E-state index in [0.29, 0.717) is 5.56 Å². The molecule has 0 bridgehead atoms. The number of halogens is 1. The number of benzene rings is 1. The van der Waals surface area contributed by atoms with Crippen LogP contribution in [0.25, 0.3) is 0 Å². The van der Waals surface area contributed by atoms with Crippen molar-refractivity contribution >= 4 is 10.0 Å². The van der Waals surface area contributed by atoms with Crippen molar-refractivity contribution in [2.24, 2.45) is 0 Å². The summed E-state index contributed by atoms with van der Waals surface area (Å²) in [6.45, 7) is 0.0245. The summed E-state index contributed by atoms with van der Waals surface area (Å²) in [5, 5.41) is 0. The van der Waals surface area contributed by atoms with E-state index in [0.717, 1.165) is 0 Å². The van der Waals surface area contributed by atoms with Gasteiger partial charge in [0.05, 0.1) is 4.90 Å². The van der Waals surface area contributed by atoms with Crippen molar-refractivity contribution in [3.63, 3.8) is 0 Å². The number of rotatable bonds is 4. The highest BCUT2D eigenvalue weighted by Gasteiger charge is 2.12. The molecule has 0 spiro atoms. The lowest BCUT2D eigenvalue weighted by molar-refractivity contribution is 0.573. The maximum atomic E-state index is 12.8. The first-order chi connectivity index (χ1) is 8.58. The Balaban J connectivity index is 2.11. The smallest absolute Gasteiger partial charge is 0.228 e. The minimum absolute atomic E-state index is 0.0245. The van der Waals surface area contributed by atoms with Crippen LogP contribution in [0.15, 0.2) is 53.6 Å². The zero-order valence-electron chi connectivity index (χ0n) is 9.38. The zero-order chi connectivity index (χ0) is 13.0. The second-order valence-corrected chi connectivity index (χ2v) is 5.39. The predicted molar refractivity (Wildman–Crippen MR) is 64.7 cm³/mol. The van der Waals surface area contributed by atoms with Gasteiger partial charge in [0.1, 0.15) is 0 Å². The average molecular weight is 266 g/mol. The number of pyridine rings is 1. The fourth-order valence-electron chi connectivity index (χ4n) is 1.41. The van der Waals surface area contributed by atoms with Crippen LogP contribution in [0.4, 0.5) is 4.39 Å². The van der Waals surface area contributed by atoms with Gasteiger partial charge in [0.2, 0.25) is 16.0 Å². The molecule has 0 atom stereocenters. The largest absolute Gasteiger partial charge is 0.240 e. The number of hydrogen-bond acceptors (Lipinski definition) is 3. The first kappa shape index (κ1) is 12.7. The van der Waals surface area contributed by atoms with Crippen LogP contribution < -0.4 is 4.72 Å². The van der Waals surface area contributed by atoms with Crippen molar-refractivity contribution in [2.75, 3.05) is 0 Å². The highest BCUT2D eigenvalue weighted by atomic mass is 32.2. The summed E-state index contributed by atoms with van der Waals surface area (Å²) < 4.78 is 39.0. The SMILES string of the molecule is O=S(=O)(NCc1ccnc(F)c1)c1ccccc1. The second kappa shape index (κ2) is 5.24. The van der Waals surface area contributed by atoms with Crippen LogP contribution in [0.3, 0.4) is 0 Å². The van der Waals surface area contributed by atoms with E-state index in [9.17, 15) is 12.8 Å². The molecule has 18 heavy (non-hydrogen) atoms. The Morgan fingerprint density at radius 2 is 1.89 bits per heavy atom. The molecule has 0 saturated carbocycles. The molecule has 0 aliphatic heterocycles. The lowest BCUT2D eigenvalue weighted by atomic mass is 10.3. The fraction of sp³-hybridized carbons (Fsp3) is 0.0833. The van der Waals surface area contributed by atoms with Gasteiger partial charge in [-0.3, -0.25) is 0 Å². The van der Waals surface area contributed by atoms with Gasteiger partial charge >= 0.3 is 0 Å². The lowest BCUT2D eigenvalue weighted by Crippen LogP contribution is -2.23. The molecule has 0 aliphatic carbocycles.